The second kappa shape index (κ2) is 10.3. The van der Waals surface area contributed by atoms with Gasteiger partial charge in [0.15, 0.2) is 0 Å². The molecule has 154 valence electrons. The first-order chi connectivity index (χ1) is 14.0. The number of hydrogen-bond acceptors (Lipinski definition) is 4. The second-order valence-electron chi connectivity index (χ2n) is 6.70. The third-order valence-corrected chi connectivity index (χ3v) is 5.17. The quantitative estimate of drug-likeness (QED) is 0.705. The summed E-state index contributed by atoms with van der Waals surface area (Å²) in [5.74, 6) is -1.78. The molecule has 1 unspecified atom stereocenters. The molecule has 1 fully saturated rings. The first kappa shape index (κ1) is 21.2. The number of carbonyl (C=O) groups excluding carboxylic acids is 2. The minimum atomic E-state index is -0.732. The minimum Gasteiger partial charge on any atom is -0.379 e. The number of ether oxygens (including phenoxy) is 1. The Morgan fingerprint density at radius 3 is 2.38 bits per heavy atom. The number of carbonyl (C=O) groups is 2. The second-order valence-corrected chi connectivity index (χ2v) is 7.11. The maximum atomic E-state index is 13.3. The third kappa shape index (κ3) is 6.00. The van der Waals surface area contributed by atoms with Gasteiger partial charge in [-0.2, -0.15) is 0 Å². The molecule has 3 rings (SSSR count). The van der Waals surface area contributed by atoms with Crippen molar-refractivity contribution >= 4 is 23.4 Å². The summed E-state index contributed by atoms with van der Waals surface area (Å²) in [6.07, 6.45) is 0. The van der Waals surface area contributed by atoms with E-state index in [1.807, 2.05) is 6.07 Å². The zero-order chi connectivity index (χ0) is 20.6. The minimum absolute atomic E-state index is 0.163. The average Bonchev–Trinajstić information content (AvgIpc) is 2.75. The predicted molar refractivity (Wildman–Crippen MR) is 108 cm³/mol. The third-order valence-electron chi connectivity index (χ3n) is 4.80. The molecule has 1 atom stereocenters. The molecule has 2 aromatic carbocycles. The van der Waals surface area contributed by atoms with Gasteiger partial charge in [-0.3, -0.25) is 14.5 Å². The van der Waals surface area contributed by atoms with Crippen molar-refractivity contribution in [2.75, 3.05) is 32.8 Å². The van der Waals surface area contributed by atoms with Crippen molar-refractivity contribution in [3.8, 4) is 0 Å². The summed E-state index contributed by atoms with van der Waals surface area (Å²) in [6, 6.07) is 13.1. The van der Waals surface area contributed by atoms with E-state index in [0.717, 1.165) is 11.1 Å². The van der Waals surface area contributed by atoms with Gasteiger partial charge in [0, 0.05) is 31.2 Å². The Hall–Kier alpha value is -2.48. The molecule has 1 heterocycles. The first-order valence-electron chi connectivity index (χ1n) is 9.41. The van der Waals surface area contributed by atoms with Crippen LogP contribution in [0.15, 0.2) is 48.5 Å². The number of halogens is 2. The number of nitrogens with one attached hydrogen (secondary N) is 2. The molecule has 1 saturated heterocycles. The summed E-state index contributed by atoms with van der Waals surface area (Å²) in [7, 11) is 0. The lowest BCUT2D eigenvalue weighted by Gasteiger charge is -2.34. The molecule has 2 amide bonds. The van der Waals surface area contributed by atoms with Crippen LogP contribution in [0.5, 0.6) is 0 Å². The van der Waals surface area contributed by atoms with Gasteiger partial charge in [-0.15, -0.1) is 0 Å². The number of benzene rings is 2. The maximum absolute atomic E-state index is 13.3. The zero-order valence-corrected chi connectivity index (χ0v) is 16.6. The van der Waals surface area contributed by atoms with Gasteiger partial charge in [-0.25, -0.2) is 4.39 Å². The molecule has 0 spiro atoms. The molecular weight excluding hydrogens is 397 g/mol. The molecule has 0 radical (unpaired) electrons. The number of amides is 2. The Morgan fingerprint density at radius 1 is 1.03 bits per heavy atom. The van der Waals surface area contributed by atoms with E-state index < -0.39 is 11.8 Å². The predicted octanol–water partition coefficient (Wildman–Crippen LogP) is 2.29. The Bertz CT molecular complexity index is 841. The normalized spacial score (nSPS) is 15.5. The summed E-state index contributed by atoms with van der Waals surface area (Å²) in [5.41, 5.74) is 1.60. The van der Waals surface area contributed by atoms with E-state index in [-0.39, 0.29) is 24.9 Å². The van der Waals surface area contributed by atoms with Crippen molar-refractivity contribution in [3.63, 3.8) is 0 Å². The van der Waals surface area contributed by atoms with Crippen LogP contribution in [0.2, 0.25) is 5.02 Å². The molecular formula is C21H23ClFN3O3. The highest BCUT2D eigenvalue weighted by Crippen LogP contribution is 2.21. The van der Waals surface area contributed by atoms with Crippen molar-refractivity contribution in [2.24, 2.45) is 0 Å². The maximum Gasteiger partial charge on any atom is 0.309 e. The first-order valence-corrected chi connectivity index (χ1v) is 9.79. The number of rotatable bonds is 6. The molecule has 0 saturated carbocycles. The molecule has 2 N–H and O–H groups in total. The van der Waals surface area contributed by atoms with E-state index in [9.17, 15) is 14.0 Å². The highest BCUT2D eigenvalue weighted by atomic mass is 35.5. The standard InChI is InChI=1S/C21H23ClFN3O3/c22-18-4-2-1-3-16(18)13-24-20(27)21(28)25-14-19(26-9-11-29-12-10-26)15-5-7-17(23)8-6-15/h1-8,19H,9-14H2,(H,24,27)(H,25,28). The van der Waals surface area contributed by atoms with Gasteiger partial charge in [0.1, 0.15) is 5.82 Å². The van der Waals surface area contributed by atoms with Gasteiger partial charge in [0.05, 0.1) is 19.3 Å². The fourth-order valence-electron chi connectivity index (χ4n) is 3.20. The van der Waals surface area contributed by atoms with Crippen molar-refractivity contribution in [1.29, 1.82) is 0 Å². The van der Waals surface area contributed by atoms with Crippen molar-refractivity contribution in [2.45, 2.75) is 12.6 Å². The summed E-state index contributed by atoms with van der Waals surface area (Å²) in [6.45, 7) is 2.95. The van der Waals surface area contributed by atoms with Crippen molar-refractivity contribution in [3.05, 3.63) is 70.5 Å². The Morgan fingerprint density at radius 2 is 1.69 bits per heavy atom. The van der Waals surface area contributed by atoms with Crippen molar-refractivity contribution < 1.29 is 18.7 Å². The molecule has 1 aliphatic heterocycles. The van der Waals surface area contributed by atoms with E-state index in [2.05, 4.69) is 15.5 Å². The van der Waals surface area contributed by atoms with Gasteiger partial charge < -0.3 is 15.4 Å². The summed E-state index contributed by atoms with van der Waals surface area (Å²) in [5, 5.41) is 5.78. The van der Waals surface area contributed by atoms with Crippen LogP contribution >= 0.6 is 11.6 Å². The number of hydrogen-bond donors (Lipinski definition) is 2. The van der Waals surface area contributed by atoms with Crippen LogP contribution in [0.3, 0.4) is 0 Å². The monoisotopic (exact) mass is 419 g/mol. The SMILES string of the molecule is O=C(NCc1ccccc1Cl)C(=O)NCC(c1ccc(F)cc1)N1CCOCC1. The number of nitrogens with zero attached hydrogens (tertiary/aromatic N) is 1. The Balaban J connectivity index is 1.59. The van der Waals surface area contributed by atoms with E-state index in [1.54, 1.807) is 30.3 Å². The largest absolute Gasteiger partial charge is 0.379 e. The molecule has 6 nitrogen and oxygen atoms in total. The lowest BCUT2D eigenvalue weighted by Crippen LogP contribution is -2.46. The van der Waals surface area contributed by atoms with Crippen LogP contribution in [0.25, 0.3) is 0 Å². The van der Waals surface area contributed by atoms with Gasteiger partial charge in [0.25, 0.3) is 0 Å². The molecule has 8 heteroatoms. The van der Waals surface area contributed by atoms with Crippen LogP contribution in [-0.2, 0) is 20.9 Å². The highest BCUT2D eigenvalue weighted by Gasteiger charge is 2.24. The van der Waals surface area contributed by atoms with Crippen LogP contribution in [0.1, 0.15) is 17.2 Å². The van der Waals surface area contributed by atoms with Crippen LogP contribution in [0, 0.1) is 5.82 Å². The molecule has 0 aromatic heterocycles. The van der Waals surface area contributed by atoms with Gasteiger partial charge in [-0.1, -0.05) is 41.9 Å². The molecule has 0 aliphatic carbocycles. The van der Waals surface area contributed by atoms with E-state index in [1.165, 1.54) is 12.1 Å². The summed E-state index contributed by atoms with van der Waals surface area (Å²) in [4.78, 5) is 26.6. The van der Waals surface area contributed by atoms with E-state index in [4.69, 9.17) is 16.3 Å². The van der Waals surface area contributed by atoms with Gasteiger partial charge in [0.2, 0.25) is 0 Å². The molecule has 29 heavy (non-hydrogen) atoms. The molecule has 0 bridgehead atoms. The van der Waals surface area contributed by atoms with Crippen LogP contribution in [0.4, 0.5) is 4.39 Å². The van der Waals surface area contributed by atoms with Gasteiger partial charge in [-0.05, 0) is 29.3 Å². The van der Waals surface area contributed by atoms with Crippen molar-refractivity contribution in [1.82, 2.24) is 15.5 Å². The smallest absolute Gasteiger partial charge is 0.309 e. The van der Waals surface area contributed by atoms with Crippen LogP contribution < -0.4 is 10.6 Å². The van der Waals surface area contributed by atoms with Crippen LogP contribution in [-0.4, -0.2) is 49.6 Å². The molecule has 2 aromatic rings. The van der Waals surface area contributed by atoms with E-state index in [0.29, 0.717) is 31.3 Å². The zero-order valence-electron chi connectivity index (χ0n) is 15.9. The highest BCUT2D eigenvalue weighted by molar-refractivity contribution is 6.35. The summed E-state index contributed by atoms with van der Waals surface area (Å²) >= 11 is 6.06. The fraction of sp³-hybridized carbons (Fsp3) is 0.333. The Labute approximate surface area is 174 Å². The lowest BCUT2D eigenvalue weighted by atomic mass is 10.0. The fourth-order valence-corrected chi connectivity index (χ4v) is 3.40. The number of morpholine rings is 1. The average molecular weight is 420 g/mol. The Kier molecular flexibility index (Phi) is 7.57. The molecule has 1 aliphatic rings. The topological polar surface area (TPSA) is 70.7 Å². The lowest BCUT2D eigenvalue weighted by molar-refractivity contribution is -0.139. The summed E-state index contributed by atoms with van der Waals surface area (Å²) < 4.78 is 18.7. The van der Waals surface area contributed by atoms with Gasteiger partial charge >= 0.3 is 11.8 Å². The van der Waals surface area contributed by atoms with E-state index >= 15 is 0 Å².